The van der Waals surface area contributed by atoms with E-state index >= 15 is 0 Å². The first kappa shape index (κ1) is 19.3. The number of thioether (sulfide) groups is 1. The van der Waals surface area contributed by atoms with Crippen LogP contribution in [0, 0.1) is 5.92 Å². The maximum Gasteiger partial charge on any atom is 0.220 e. The highest BCUT2D eigenvalue weighted by atomic mass is 32.2. The Morgan fingerprint density at radius 2 is 1.55 bits per heavy atom. The maximum atomic E-state index is 11.5. The lowest BCUT2D eigenvalue weighted by Gasteiger charge is -2.08. The Balaban J connectivity index is 3.34. The standard InChI is InChI=1S/C15H30N2O2S/c1-13(2)8-9-15(19)17-11-6-10-16-14(18)7-4-5-12-20-3/h13H,4-12H2,1-3H3,(H,16,18)(H,17,19). The summed E-state index contributed by atoms with van der Waals surface area (Å²) in [4.78, 5) is 22.9. The van der Waals surface area contributed by atoms with Crippen molar-refractivity contribution >= 4 is 23.6 Å². The van der Waals surface area contributed by atoms with Gasteiger partial charge in [-0.2, -0.15) is 11.8 Å². The van der Waals surface area contributed by atoms with E-state index in [1.54, 1.807) is 0 Å². The zero-order valence-electron chi connectivity index (χ0n) is 13.2. The number of unbranched alkanes of at least 4 members (excludes halogenated alkanes) is 1. The Morgan fingerprint density at radius 3 is 2.10 bits per heavy atom. The zero-order chi connectivity index (χ0) is 15.2. The molecule has 0 aromatic heterocycles. The van der Waals surface area contributed by atoms with Gasteiger partial charge >= 0.3 is 0 Å². The topological polar surface area (TPSA) is 58.2 Å². The monoisotopic (exact) mass is 302 g/mol. The highest BCUT2D eigenvalue weighted by molar-refractivity contribution is 7.98. The molecule has 0 aliphatic heterocycles. The van der Waals surface area contributed by atoms with Gasteiger partial charge < -0.3 is 10.6 Å². The van der Waals surface area contributed by atoms with Crippen molar-refractivity contribution in [1.29, 1.82) is 0 Å². The van der Waals surface area contributed by atoms with Crippen LogP contribution in [-0.4, -0.2) is 36.9 Å². The summed E-state index contributed by atoms with van der Waals surface area (Å²) < 4.78 is 0. The second-order valence-electron chi connectivity index (χ2n) is 5.44. The second kappa shape index (κ2) is 13.3. The van der Waals surface area contributed by atoms with Crippen LogP contribution in [0.25, 0.3) is 0 Å². The van der Waals surface area contributed by atoms with E-state index in [2.05, 4.69) is 30.7 Å². The predicted octanol–water partition coefficient (Wildman–Crippen LogP) is 2.58. The molecule has 0 spiro atoms. The number of carbonyl (C=O) groups excluding carboxylic acids is 2. The molecule has 118 valence electrons. The van der Waals surface area contributed by atoms with Crippen LogP contribution in [-0.2, 0) is 9.59 Å². The number of nitrogens with one attached hydrogen (secondary N) is 2. The lowest BCUT2D eigenvalue weighted by Crippen LogP contribution is -2.29. The molecular weight excluding hydrogens is 272 g/mol. The van der Waals surface area contributed by atoms with Gasteiger partial charge in [-0.05, 0) is 43.6 Å². The van der Waals surface area contributed by atoms with Gasteiger partial charge in [0.25, 0.3) is 0 Å². The molecule has 0 aromatic rings. The predicted molar refractivity (Wildman–Crippen MR) is 86.9 cm³/mol. The summed E-state index contributed by atoms with van der Waals surface area (Å²) in [6.07, 6.45) is 7.07. The fourth-order valence-corrected chi connectivity index (χ4v) is 2.17. The fraction of sp³-hybridized carbons (Fsp3) is 0.867. The first-order valence-corrected chi connectivity index (χ1v) is 8.98. The number of hydrogen-bond donors (Lipinski definition) is 2. The summed E-state index contributed by atoms with van der Waals surface area (Å²) >= 11 is 1.81. The van der Waals surface area contributed by atoms with E-state index in [4.69, 9.17) is 0 Å². The average Bonchev–Trinajstić information content (AvgIpc) is 2.41. The van der Waals surface area contributed by atoms with E-state index < -0.39 is 0 Å². The second-order valence-corrected chi connectivity index (χ2v) is 6.42. The van der Waals surface area contributed by atoms with Crippen molar-refractivity contribution in [2.45, 2.75) is 52.4 Å². The van der Waals surface area contributed by atoms with Crippen molar-refractivity contribution in [3.8, 4) is 0 Å². The van der Waals surface area contributed by atoms with Gasteiger partial charge in [0, 0.05) is 25.9 Å². The third-order valence-corrected chi connectivity index (χ3v) is 3.65. The smallest absolute Gasteiger partial charge is 0.220 e. The van der Waals surface area contributed by atoms with Gasteiger partial charge in [-0.1, -0.05) is 13.8 Å². The minimum atomic E-state index is 0.113. The summed E-state index contributed by atoms with van der Waals surface area (Å²) in [5, 5.41) is 5.77. The molecule has 0 rings (SSSR count). The number of amides is 2. The highest BCUT2D eigenvalue weighted by Crippen LogP contribution is 2.03. The van der Waals surface area contributed by atoms with E-state index in [-0.39, 0.29) is 11.8 Å². The van der Waals surface area contributed by atoms with Gasteiger partial charge in [0.1, 0.15) is 0 Å². The molecule has 0 heterocycles. The average molecular weight is 302 g/mol. The van der Waals surface area contributed by atoms with Gasteiger partial charge in [0.05, 0.1) is 0 Å². The third-order valence-electron chi connectivity index (χ3n) is 2.95. The van der Waals surface area contributed by atoms with Crippen molar-refractivity contribution in [3.05, 3.63) is 0 Å². The molecule has 0 aliphatic carbocycles. The summed E-state index contributed by atoms with van der Waals surface area (Å²) in [6, 6.07) is 0. The van der Waals surface area contributed by atoms with E-state index in [0.717, 1.165) is 31.4 Å². The third kappa shape index (κ3) is 13.7. The molecule has 0 aliphatic rings. The first-order chi connectivity index (χ1) is 9.56. The van der Waals surface area contributed by atoms with Crippen molar-refractivity contribution in [1.82, 2.24) is 10.6 Å². The van der Waals surface area contributed by atoms with Crippen LogP contribution in [0.2, 0.25) is 0 Å². The molecule has 0 unspecified atom stereocenters. The summed E-state index contributed by atoms with van der Waals surface area (Å²) in [5.74, 6) is 1.92. The molecule has 2 amide bonds. The lowest BCUT2D eigenvalue weighted by molar-refractivity contribution is -0.121. The summed E-state index contributed by atoms with van der Waals surface area (Å²) in [6.45, 7) is 5.51. The molecule has 0 saturated heterocycles. The molecule has 0 atom stereocenters. The van der Waals surface area contributed by atoms with E-state index in [1.807, 2.05) is 11.8 Å². The van der Waals surface area contributed by atoms with Gasteiger partial charge in [0.15, 0.2) is 0 Å². The Labute approximate surface area is 127 Å². The van der Waals surface area contributed by atoms with Crippen LogP contribution in [0.5, 0.6) is 0 Å². The number of hydrogen-bond acceptors (Lipinski definition) is 3. The Hall–Kier alpha value is -0.710. The minimum Gasteiger partial charge on any atom is -0.356 e. The first-order valence-electron chi connectivity index (χ1n) is 7.58. The van der Waals surface area contributed by atoms with Gasteiger partial charge in [-0.25, -0.2) is 0 Å². The molecule has 0 radical (unpaired) electrons. The van der Waals surface area contributed by atoms with Crippen LogP contribution in [0.1, 0.15) is 52.4 Å². The van der Waals surface area contributed by atoms with Crippen molar-refractivity contribution in [2.24, 2.45) is 5.92 Å². The SMILES string of the molecule is CSCCCCC(=O)NCCCNC(=O)CCC(C)C. The summed E-state index contributed by atoms with van der Waals surface area (Å²) in [7, 11) is 0. The zero-order valence-corrected chi connectivity index (χ0v) is 14.0. The van der Waals surface area contributed by atoms with Crippen LogP contribution < -0.4 is 10.6 Å². The van der Waals surface area contributed by atoms with E-state index in [0.29, 0.717) is 31.8 Å². The quantitative estimate of drug-likeness (QED) is 0.545. The Morgan fingerprint density at radius 1 is 0.950 bits per heavy atom. The van der Waals surface area contributed by atoms with Crippen LogP contribution in [0.15, 0.2) is 0 Å². The minimum absolute atomic E-state index is 0.113. The molecule has 20 heavy (non-hydrogen) atoms. The van der Waals surface area contributed by atoms with Crippen LogP contribution in [0.3, 0.4) is 0 Å². The van der Waals surface area contributed by atoms with E-state index in [9.17, 15) is 9.59 Å². The molecule has 0 aromatic carbocycles. The fourth-order valence-electron chi connectivity index (χ4n) is 1.67. The number of carbonyl (C=O) groups is 2. The van der Waals surface area contributed by atoms with Crippen LogP contribution in [0.4, 0.5) is 0 Å². The maximum absolute atomic E-state index is 11.5. The van der Waals surface area contributed by atoms with Crippen molar-refractivity contribution in [3.63, 3.8) is 0 Å². The highest BCUT2D eigenvalue weighted by Gasteiger charge is 2.03. The normalized spacial score (nSPS) is 10.6. The van der Waals surface area contributed by atoms with Crippen LogP contribution >= 0.6 is 11.8 Å². The molecule has 0 saturated carbocycles. The Bertz CT molecular complexity index is 271. The molecule has 0 bridgehead atoms. The molecule has 0 fully saturated rings. The Kier molecular flexibility index (Phi) is 12.8. The van der Waals surface area contributed by atoms with Gasteiger partial charge in [-0.3, -0.25) is 9.59 Å². The molecular formula is C15H30N2O2S. The summed E-state index contributed by atoms with van der Waals surface area (Å²) in [5.41, 5.74) is 0. The largest absolute Gasteiger partial charge is 0.356 e. The van der Waals surface area contributed by atoms with Gasteiger partial charge in [0.2, 0.25) is 11.8 Å². The molecule has 5 heteroatoms. The molecule has 4 nitrogen and oxygen atoms in total. The lowest BCUT2D eigenvalue weighted by atomic mass is 10.1. The van der Waals surface area contributed by atoms with E-state index in [1.165, 1.54) is 0 Å². The molecule has 2 N–H and O–H groups in total. The number of rotatable bonds is 12. The van der Waals surface area contributed by atoms with Crippen molar-refractivity contribution < 1.29 is 9.59 Å². The van der Waals surface area contributed by atoms with Crippen molar-refractivity contribution in [2.75, 3.05) is 25.1 Å². The van der Waals surface area contributed by atoms with Gasteiger partial charge in [-0.15, -0.1) is 0 Å².